The molecule has 2 heterocycles. The van der Waals surface area contributed by atoms with Crippen LogP contribution in [0.15, 0.2) is 36.4 Å². The first-order chi connectivity index (χ1) is 11.5. The van der Waals surface area contributed by atoms with Gasteiger partial charge in [0, 0.05) is 17.7 Å². The molecule has 0 saturated heterocycles. The van der Waals surface area contributed by atoms with E-state index in [0.29, 0.717) is 16.9 Å². The number of fused-ring (bicyclic) bond motifs is 1. The van der Waals surface area contributed by atoms with Crippen LogP contribution >= 0.6 is 11.6 Å². The number of aromatic nitrogens is 3. The molecule has 3 rings (SSSR count). The van der Waals surface area contributed by atoms with Gasteiger partial charge >= 0.3 is 5.97 Å². The first-order valence-electron chi connectivity index (χ1n) is 6.98. The van der Waals surface area contributed by atoms with Crippen molar-refractivity contribution < 1.29 is 14.5 Å². The number of hydrogen-bond donors (Lipinski definition) is 0. The van der Waals surface area contributed by atoms with Crippen LogP contribution < -0.4 is 0 Å². The lowest BCUT2D eigenvalue weighted by Crippen LogP contribution is -2.07. The van der Waals surface area contributed by atoms with Crippen molar-refractivity contribution in [1.29, 1.82) is 0 Å². The molecule has 0 atom stereocenters. The summed E-state index contributed by atoms with van der Waals surface area (Å²) in [4.78, 5) is 26.7. The van der Waals surface area contributed by atoms with E-state index in [1.54, 1.807) is 19.1 Å². The zero-order valence-corrected chi connectivity index (χ0v) is 13.2. The molecule has 24 heavy (non-hydrogen) atoms. The molecule has 0 spiro atoms. The Morgan fingerprint density at radius 2 is 2.00 bits per heavy atom. The molecule has 0 N–H and O–H groups in total. The lowest BCUT2D eigenvalue weighted by Gasteiger charge is -2.04. The van der Waals surface area contributed by atoms with Gasteiger partial charge in [-0.2, -0.15) is 5.10 Å². The number of nitro benzene ring substituents is 1. The second-order valence-corrected chi connectivity index (χ2v) is 5.15. The van der Waals surface area contributed by atoms with E-state index < -0.39 is 10.9 Å². The second kappa shape index (κ2) is 6.25. The Morgan fingerprint density at radius 1 is 1.29 bits per heavy atom. The van der Waals surface area contributed by atoms with Gasteiger partial charge in [0.15, 0.2) is 11.3 Å². The van der Waals surface area contributed by atoms with Crippen molar-refractivity contribution in [2.24, 2.45) is 0 Å². The zero-order valence-electron chi connectivity index (χ0n) is 12.5. The predicted octanol–water partition coefficient (Wildman–Crippen LogP) is 3.13. The summed E-state index contributed by atoms with van der Waals surface area (Å²) in [5.41, 5.74) is 1.32. The van der Waals surface area contributed by atoms with Gasteiger partial charge in [-0.1, -0.05) is 11.6 Å². The number of esters is 1. The number of rotatable bonds is 4. The van der Waals surface area contributed by atoms with Gasteiger partial charge in [0.2, 0.25) is 0 Å². The fraction of sp³-hybridized carbons (Fsp3) is 0.133. The number of ether oxygens (including phenoxy) is 1. The molecule has 1 aromatic carbocycles. The van der Waals surface area contributed by atoms with Crippen molar-refractivity contribution in [1.82, 2.24) is 14.6 Å². The molecular weight excluding hydrogens is 336 g/mol. The number of benzene rings is 1. The van der Waals surface area contributed by atoms with Crippen molar-refractivity contribution >= 4 is 28.9 Å². The fourth-order valence-electron chi connectivity index (χ4n) is 2.25. The van der Waals surface area contributed by atoms with E-state index in [2.05, 4.69) is 10.1 Å². The summed E-state index contributed by atoms with van der Waals surface area (Å²) >= 11 is 5.93. The van der Waals surface area contributed by atoms with Crippen LogP contribution in [0.25, 0.3) is 16.9 Å². The number of imidazole rings is 1. The SMILES string of the molecule is CCOC(=O)c1nc2ccc(Cl)nn2c1-c1ccc([N+](=O)[O-])cc1. The topological polar surface area (TPSA) is 99.6 Å². The van der Waals surface area contributed by atoms with Crippen molar-refractivity contribution in [2.45, 2.75) is 6.92 Å². The van der Waals surface area contributed by atoms with Crippen LogP contribution in [-0.2, 0) is 4.74 Å². The molecular formula is C15H11ClN4O4. The number of nitro groups is 1. The Bertz CT molecular complexity index is 937. The Labute approximate surface area is 140 Å². The van der Waals surface area contributed by atoms with Crippen LogP contribution in [0.5, 0.6) is 0 Å². The molecule has 122 valence electrons. The Morgan fingerprint density at radius 3 is 2.62 bits per heavy atom. The summed E-state index contributed by atoms with van der Waals surface area (Å²) in [6.07, 6.45) is 0. The second-order valence-electron chi connectivity index (χ2n) is 4.76. The first kappa shape index (κ1) is 15.9. The maximum Gasteiger partial charge on any atom is 0.359 e. The lowest BCUT2D eigenvalue weighted by atomic mass is 10.1. The number of non-ortho nitro benzene ring substituents is 1. The molecule has 0 saturated carbocycles. The molecule has 0 bridgehead atoms. The van der Waals surface area contributed by atoms with Gasteiger partial charge in [-0.3, -0.25) is 10.1 Å². The molecule has 3 aromatic rings. The summed E-state index contributed by atoms with van der Waals surface area (Å²) in [6.45, 7) is 1.88. The average Bonchev–Trinajstić information content (AvgIpc) is 2.93. The third-order valence-electron chi connectivity index (χ3n) is 3.27. The van der Waals surface area contributed by atoms with Gasteiger partial charge in [-0.15, -0.1) is 0 Å². The summed E-state index contributed by atoms with van der Waals surface area (Å²) in [6, 6.07) is 8.90. The molecule has 0 aliphatic heterocycles. The minimum Gasteiger partial charge on any atom is -0.461 e. The number of carbonyl (C=O) groups is 1. The van der Waals surface area contributed by atoms with Crippen LogP contribution in [0, 0.1) is 10.1 Å². The maximum absolute atomic E-state index is 12.2. The smallest absolute Gasteiger partial charge is 0.359 e. The van der Waals surface area contributed by atoms with Gasteiger partial charge < -0.3 is 4.74 Å². The van der Waals surface area contributed by atoms with E-state index in [9.17, 15) is 14.9 Å². The molecule has 0 amide bonds. The monoisotopic (exact) mass is 346 g/mol. The molecule has 0 aliphatic rings. The normalized spacial score (nSPS) is 10.8. The highest BCUT2D eigenvalue weighted by Gasteiger charge is 2.23. The molecule has 0 fully saturated rings. The number of halogens is 1. The summed E-state index contributed by atoms with van der Waals surface area (Å²) in [7, 11) is 0. The Balaban J connectivity index is 2.23. The minimum atomic E-state index is -0.604. The van der Waals surface area contributed by atoms with Crippen molar-refractivity contribution in [3.8, 4) is 11.3 Å². The molecule has 0 aliphatic carbocycles. The van der Waals surface area contributed by atoms with Crippen molar-refractivity contribution in [3.63, 3.8) is 0 Å². The molecule has 8 nitrogen and oxygen atoms in total. The van der Waals surface area contributed by atoms with E-state index in [4.69, 9.17) is 16.3 Å². The number of hydrogen-bond acceptors (Lipinski definition) is 6. The maximum atomic E-state index is 12.2. The van der Waals surface area contributed by atoms with Gasteiger partial charge in [-0.25, -0.2) is 14.3 Å². The van der Waals surface area contributed by atoms with Crippen LogP contribution in [-0.4, -0.2) is 32.1 Å². The van der Waals surface area contributed by atoms with E-state index in [-0.39, 0.29) is 23.1 Å². The van der Waals surface area contributed by atoms with Crippen molar-refractivity contribution in [3.05, 3.63) is 57.4 Å². The van der Waals surface area contributed by atoms with Crippen LogP contribution in [0.3, 0.4) is 0 Å². The molecule has 0 unspecified atom stereocenters. The van der Waals surface area contributed by atoms with Gasteiger partial charge in [0.25, 0.3) is 5.69 Å². The van der Waals surface area contributed by atoms with E-state index in [1.165, 1.54) is 28.8 Å². The standard InChI is InChI=1S/C15H11ClN4O4/c1-2-24-15(21)13-14(9-3-5-10(6-4-9)20(22)23)19-12(17-13)8-7-11(16)18-19/h3-8H,2H2,1H3. The largest absolute Gasteiger partial charge is 0.461 e. The molecule has 2 aromatic heterocycles. The fourth-order valence-corrected chi connectivity index (χ4v) is 2.39. The van der Waals surface area contributed by atoms with E-state index in [1.807, 2.05) is 0 Å². The summed E-state index contributed by atoms with van der Waals surface area (Å²) in [5, 5.41) is 15.2. The Kier molecular flexibility index (Phi) is 4.13. The van der Waals surface area contributed by atoms with Gasteiger partial charge in [-0.05, 0) is 31.2 Å². The van der Waals surface area contributed by atoms with E-state index >= 15 is 0 Å². The highest BCUT2D eigenvalue weighted by atomic mass is 35.5. The lowest BCUT2D eigenvalue weighted by molar-refractivity contribution is -0.384. The molecule has 0 radical (unpaired) electrons. The van der Waals surface area contributed by atoms with Crippen LogP contribution in [0.4, 0.5) is 5.69 Å². The highest BCUT2D eigenvalue weighted by Crippen LogP contribution is 2.27. The number of carbonyl (C=O) groups excluding carboxylic acids is 1. The predicted molar refractivity (Wildman–Crippen MR) is 86.0 cm³/mol. The zero-order chi connectivity index (χ0) is 17.3. The van der Waals surface area contributed by atoms with Crippen LogP contribution in [0.1, 0.15) is 17.4 Å². The van der Waals surface area contributed by atoms with Gasteiger partial charge in [0.05, 0.1) is 11.5 Å². The third kappa shape index (κ3) is 2.79. The van der Waals surface area contributed by atoms with Gasteiger partial charge in [0.1, 0.15) is 10.8 Å². The van der Waals surface area contributed by atoms with Crippen LogP contribution in [0.2, 0.25) is 5.15 Å². The minimum absolute atomic E-state index is 0.0590. The summed E-state index contributed by atoms with van der Waals surface area (Å²) in [5.74, 6) is -0.604. The third-order valence-corrected chi connectivity index (χ3v) is 3.47. The first-order valence-corrected chi connectivity index (χ1v) is 7.36. The number of nitrogens with zero attached hydrogens (tertiary/aromatic N) is 4. The van der Waals surface area contributed by atoms with Crippen molar-refractivity contribution in [2.75, 3.05) is 6.61 Å². The highest BCUT2D eigenvalue weighted by molar-refractivity contribution is 6.29. The average molecular weight is 347 g/mol. The quantitative estimate of drug-likeness (QED) is 0.409. The summed E-state index contributed by atoms with van der Waals surface area (Å²) < 4.78 is 6.44. The van der Waals surface area contributed by atoms with E-state index in [0.717, 1.165) is 0 Å². The Hall–Kier alpha value is -3.00. The molecule has 9 heteroatoms.